The van der Waals surface area contributed by atoms with Gasteiger partial charge in [-0.2, -0.15) is 43.9 Å². The highest BCUT2D eigenvalue weighted by atomic mass is 19.4. The number of alkyl halides is 9. The largest absolute Gasteiger partial charge is 0.453 e. The normalized spacial score (nSPS) is 12.6. The Kier molecular flexibility index (Phi) is 7.02. The molecule has 0 heterocycles. The van der Waals surface area contributed by atoms with Crippen molar-refractivity contribution < 1.29 is 66.5 Å². The molecule has 4 nitrogen and oxygen atoms in total. The van der Waals surface area contributed by atoms with Gasteiger partial charge in [-0.3, -0.25) is 0 Å². The van der Waals surface area contributed by atoms with Crippen molar-refractivity contribution in [2.75, 3.05) is 11.5 Å². The molecule has 0 atom stereocenters. The van der Waals surface area contributed by atoms with Crippen molar-refractivity contribution in [3.8, 4) is 23.0 Å². The van der Waals surface area contributed by atoms with Crippen molar-refractivity contribution in [1.29, 1.82) is 0 Å². The standard InChI is InChI=1S/C21H9F13N2O2/c22-7-1-3-10(12(15(7)35)20(29,30)31)37-17-6(19(26,27)28)5-9(24)18(14(17)25)38-11-4-2-8(23)16(36)13(11)21(32,33)34/h1-5H,35-36H2. The van der Waals surface area contributed by atoms with Crippen LogP contribution < -0.4 is 20.9 Å². The molecule has 0 unspecified atom stereocenters. The van der Waals surface area contributed by atoms with Crippen LogP contribution in [-0.4, -0.2) is 0 Å². The zero-order valence-electron chi connectivity index (χ0n) is 17.8. The van der Waals surface area contributed by atoms with Gasteiger partial charge in [-0.1, -0.05) is 0 Å². The van der Waals surface area contributed by atoms with E-state index >= 15 is 4.39 Å². The number of nitrogens with two attached hydrogens (primary N) is 2. The fourth-order valence-electron chi connectivity index (χ4n) is 3.11. The lowest BCUT2D eigenvalue weighted by Crippen LogP contribution is -2.15. The maximum atomic E-state index is 15.1. The molecule has 0 saturated heterocycles. The summed E-state index contributed by atoms with van der Waals surface area (Å²) in [5.41, 5.74) is 0.102. The molecule has 0 saturated carbocycles. The Bertz CT molecular complexity index is 1400. The summed E-state index contributed by atoms with van der Waals surface area (Å²) in [6.45, 7) is 0. The quantitative estimate of drug-likeness (QED) is 0.247. The van der Waals surface area contributed by atoms with E-state index in [2.05, 4.69) is 9.47 Å². The molecule has 0 bridgehead atoms. The number of rotatable bonds is 4. The molecular weight excluding hydrogens is 559 g/mol. The Labute approximate surface area is 202 Å². The van der Waals surface area contributed by atoms with Crippen LogP contribution in [0.15, 0.2) is 30.3 Å². The molecule has 0 amide bonds. The Balaban J connectivity index is 2.28. The lowest BCUT2D eigenvalue weighted by molar-refractivity contribution is -0.140. The second-order valence-corrected chi connectivity index (χ2v) is 7.24. The van der Waals surface area contributed by atoms with Gasteiger partial charge in [0.15, 0.2) is 11.6 Å². The van der Waals surface area contributed by atoms with Crippen molar-refractivity contribution in [1.82, 2.24) is 0 Å². The summed E-state index contributed by atoms with van der Waals surface area (Å²) in [5, 5.41) is 0. The highest BCUT2D eigenvalue weighted by molar-refractivity contribution is 5.60. The summed E-state index contributed by atoms with van der Waals surface area (Å²) in [5.74, 6) is -15.7. The third kappa shape index (κ3) is 5.31. The molecule has 38 heavy (non-hydrogen) atoms. The molecule has 3 aromatic carbocycles. The summed E-state index contributed by atoms with van der Waals surface area (Å²) in [6, 6.07) is 0.263. The van der Waals surface area contributed by atoms with Crippen LogP contribution in [0.25, 0.3) is 0 Å². The number of nitrogen functional groups attached to an aromatic ring is 2. The second-order valence-electron chi connectivity index (χ2n) is 7.24. The fraction of sp³-hybridized carbons (Fsp3) is 0.143. The molecule has 0 aromatic heterocycles. The summed E-state index contributed by atoms with van der Waals surface area (Å²) in [4.78, 5) is 0. The van der Waals surface area contributed by atoms with Gasteiger partial charge in [0.25, 0.3) is 0 Å². The molecular formula is C21H9F13N2O2. The van der Waals surface area contributed by atoms with E-state index in [-0.39, 0.29) is 24.3 Å². The first-order valence-electron chi connectivity index (χ1n) is 9.50. The van der Waals surface area contributed by atoms with Gasteiger partial charge in [0.2, 0.25) is 11.6 Å². The summed E-state index contributed by atoms with van der Waals surface area (Å²) < 4.78 is 186. The maximum absolute atomic E-state index is 15.1. The van der Waals surface area contributed by atoms with Crippen molar-refractivity contribution >= 4 is 11.4 Å². The van der Waals surface area contributed by atoms with Crippen LogP contribution in [0, 0.1) is 23.3 Å². The SMILES string of the molecule is Nc1c(F)ccc(Oc2c(F)cc(C(F)(F)F)c(Oc3ccc(F)c(N)c3C(F)(F)F)c2F)c1C(F)(F)F. The van der Waals surface area contributed by atoms with Crippen LogP contribution in [0.5, 0.6) is 23.0 Å². The average Bonchev–Trinajstić information content (AvgIpc) is 2.75. The Hall–Kier alpha value is -4.05. The zero-order valence-corrected chi connectivity index (χ0v) is 17.8. The Morgan fingerprint density at radius 1 is 0.526 bits per heavy atom. The topological polar surface area (TPSA) is 70.5 Å². The lowest BCUT2D eigenvalue weighted by Gasteiger charge is -2.21. The molecule has 0 radical (unpaired) electrons. The minimum Gasteiger partial charge on any atom is -0.453 e. The average molecular weight is 568 g/mol. The molecule has 0 aliphatic heterocycles. The van der Waals surface area contributed by atoms with Crippen molar-refractivity contribution in [2.24, 2.45) is 0 Å². The van der Waals surface area contributed by atoms with E-state index in [0.717, 1.165) is 0 Å². The summed E-state index contributed by atoms with van der Waals surface area (Å²) in [6.07, 6.45) is -16.8. The van der Waals surface area contributed by atoms with Gasteiger partial charge in [-0.25, -0.2) is 13.2 Å². The number of benzene rings is 3. The van der Waals surface area contributed by atoms with Crippen LogP contribution in [0.2, 0.25) is 0 Å². The second kappa shape index (κ2) is 9.36. The van der Waals surface area contributed by atoms with Gasteiger partial charge in [0.05, 0.1) is 11.4 Å². The van der Waals surface area contributed by atoms with Crippen LogP contribution in [0.4, 0.5) is 68.5 Å². The van der Waals surface area contributed by atoms with E-state index in [9.17, 15) is 52.7 Å². The van der Waals surface area contributed by atoms with Gasteiger partial charge in [0, 0.05) is 0 Å². The zero-order chi connectivity index (χ0) is 29.0. The smallest absolute Gasteiger partial charge is 0.422 e. The van der Waals surface area contributed by atoms with Gasteiger partial charge in [-0.05, 0) is 30.3 Å². The van der Waals surface area contributed by atoms with E-state index in [4.69, 9.17) is 11.5 Å². The first-order chi connectivity index (χ1) is 17.2. The molecule has 17 heteroatoms. The third-order valence-corrected chi connectivity index (χ3v) is 4.74. The molecule has 3 rings (SSSR count). The van der Waals surface area contributed by atoms with Crippen LogP contribution in [-0.2, 0) is 18.5 Å². The van der Waals surface area contributed by atoms with Crippen molar-refractivity contribution in [2.45, 2.75) is 18.5 Å². The van der Waals surface area contributed by atoms with Gasteiger partial charge < -0.3 is 20.9 Å². The highest BCUT2D eigenvalue weighted by Gasteiger charge is 2.43. The highest BCUT2D eigenvalue weighted by Crippen LogP contribution is 2.49. The molecule has 4 N–H and O–H groups in total. The molecule has 206 valence electrons. The third-order valence-electron chi connectivity index (χ3n) is 4.74. The molecule has 0 aliphatic carbocycles. The predicted molar refractivity (Wildman–Crippen MR) is 103 cm³/mol. The minimum atomic E-state index is -5.71. The summed E-state index contributed by atoms with van der Waals surface area (Å²) in [7, 11) is 0. The number of hydrogen-bond donors (Lipinski definition) is 2. The van der Waals surface area contributed by atoms with Crippen LogP contribution in [0.1, 0.15) is 16.7 Å². The first kappa shape index (κ1) is 28.5. The predicted octanol–water partition coefficient (Wildman–Crippen LogP) is 8.05. The number of anilines is 2. The van der Waals surface area contributed by atoms with E-state index in [1.807, 2.05) is 0 Å². The van der Waals surface area contributed by atoms with Gasteiger partial charge >= 0.3 is 18.5 Å². The Morgan fingerprint density at radius 2 is 0.921 bits per heavy atom. The minimum absolute atomic E-state index is 0.125. The van der Waals surface area contributed by atoms with E-state index in [0.29, 0.717) is 0 Å². The van der Waals surface area contributed by atoms with E-state index in [1.54, 1.807) is 0 Å². The van der Waals surface area contributed by atoms with Gasteiger partial charge in [-0.15, -0.1) is 0 Å². The number of hydrogen-bond acceptors (Lipinski definition) is 4. The monoisotopic (exact) mass is 568 g/mol. The van der Waals surface area contributed by atoms with Crippen LogP contribution >= 0.6 is 0 Å². The molecule has 3 aromatic rings. The molecule has 0 fully saturated rings. The first-order valence-corrected chi connectivity index (χ1v) is 9.50. The fourth-order valence-corrected chi connectivity index (χ4v) is 3.11. The van der Waals surface area contributed by atoms with E-state index in [1.165, 1.54) is 0 Å². The van der Waals surface area contributed by atoms with Crippen molar-refractivity contribution in [3.05, 3.63) is 70.3 Å². The number of ether oxygens (including phenoxy) is 2. The van der Waals surface area contributed by atoms with Gasteiger partial charge in [0.1, 0.15) is 39.8 Å². The maximum Gasteiger partial charge on any atom is 0.422 e. The molecule has 0 spiro atoms. The summed E-state index contributed by atoms with van der Waals surface area (Å²) >= 11 is 0. The lowest BCUT2D eigenvalue weighted by atomic mass is 10.1. The van der Waals surface area contributed by atoms with Crippen LogP contribution in [0.3, 0.4) is 0 Å². The van der Waals surface area contributed by atoms with Crippen molar-refractivity contribution in [3.63, 3.8) is 0 Å². The number of halogens is 13. The Morgan fingerprint density at radius 3 is 1.29 bits per heavy atom. The molecule has 0 aliphatic rings. The van der Waals surface area contributed by atoms with E-state index < -0.39 is 98.9 Å².